The number of aliphatic carboxylic acids is 1. The monoisotopic (exact) mass is 296 g/mol. The molecule has 0 bridgehead atoms. The summed E-state index contributed by atoms with van der Waals surface area (Å²) in [6.45, 7) is 2.35. The molecule has 2 rings (SSSR count). The van der Waals surface area contributed by atoms with Gasteiger partial charge in [0.15, 0.2) is 0 Å². The zero-order chi connectivity index (χ0) is 15.4. The first-order chi connectivity index (χ1) is 9.99. The van der Waals surface area contributed by atoms with E-state index in [0.717, 1.165) is 19.3 Å². The summed E-state index contributed by atoms with van der Waals surface area (Å²) in [5.41, 5.74) is 0. The van der Waals surface area contributed by atoms with Crippen LogP contribution >= 0.6 is 0 Å². The van der Waals surface area contributed by atoms with Crippen LogP contribution in [0.2, 0.25) is 0 Å². The molecule has 6 heteroatoms. The van der Waals surface area contributed by atoms with Crippen LogP contribution in [0.25, 0.3) is 0 Å². The second-order valence-electron chi connectivity index (χ2n) is 6.26. The van der Waals surface area contributed by atoms with Gasteiger partial charge in [0, 0.05) is 24.9 Å². The van der Waals surface area contributed by atoms with Gasteiger partial charge in [-0.05, 0) is 25.2 Å². The van der Waals surface area contributed by atoms with Gasteiger partial charge in [-0.1, -0.05) is 19.8 Å². The fourth-order valence-corrected chi connectivity index (χ4v) is 3.00. The highest BCUT2D eigenvalue weighted by molar-refractivity contribution is 5.82. The largest absolute Gasteiger partial charge is 0.481 e. The summed E-state index contributed by atoms with van der Waals surface area (Å²) in [5, 5.41) is 14.7. The summed E-state index contributed by atoms with van der Waals surface area (Å²) in [6.07, 6.45) is 4.32. The minimum atomic E-state index is -0.837. The second kappa shape index (κ2) is 6.91. The zero-order valence-electron chi connectivity index (χ0n) is 12.4. The lowest BCUT2D eigenvalue weighted by molar-refractivity contribution is -0.144. The van der Waals surface area contributed by atoms with E-state index in [1.165, 1.54) is 0 Å². The molecule has 118 valence electrons. The van der Waals surface area contributed by atoms with Crippen LogP contribution in [0.15, 0.2) is 0 Å². The van der Waals surface area contributed by atoms with Crippen molar-refractivity contribution in [2.45, 2.75) is 51.5 Å². The molecule has 2 aliphatic carbocycles. The lowest BCUT2D eigenvalue weighted by Crippen LogP contribution is -2.45. The summed E-state index contributed by atoms with van der Waals surface area (Å²) in [6, 6.07) is -0.275. The smallest absolute Gasteiger partial charge is 0.308 e. The first kappa shape index (κ1) is 15.8. The van der Waals surface area contributed by atoms with Crippen LogP contribution in [0.1, 0.15) is 45.4 Å². The van der Waals surface area contributed by atoms with Gasteiger partial charge in [0.25, 0.3) is 0 Å². The zero-order valence-corrected chi connectivity index (χ0v) is 12.4. The van der Waals surface area contributed by atoms with Crippen LogP contribution in [0, 0.1) is 17.8 Å². The lowest BCUT2D eigenvalue weighted by atomic mass is 9.84. The highest BCUT2D eigenvalue weighted by Gasteiger charge is 2.38. The number of hydrogen-bond acceptors (Lipinski definition) is 3. The third-order valence-corrected chi connectivity index (χ3v) is 4.53. The van der Waals surface area contributed by atoms with E-state index < -0.39 is 11.9 Å². The van der Waals surface area contributed by atoms with Gasteiger partial charge in [-0.15, -0.1) is 0 Å². The summed E-state index contributed by atoms with van der Waals surface area (Å²) >= 11 is 0. The highest BCUT2D eigenvalue weighted by Crippen LogP contribution is 2.37. The highest BCUT2D eigenvalue weighted by atomic mass is 16.4. The normalized spacial score (nSPS) is 31.3. The van der Waals surface area contributed by atoms with E-state index in [9.17, 15) is 14.4 Å². The molecule has 4 atom stereocenters. The van der Waals surface area contributed by atoms with E-state index in [1.807, 2.05) is 6.92 Å². The minimum absolute atomic E-state index is 0.0244. The SMILES string of the molecule is CC1CC1C(=O)NCCC(=O)NC1CCCCC1C(=O)O. The molecule has 2 saturated carbocycles. The number of carbonyl (C=O) groups excluding carboxylic acids is 2. The van der Waals surface area contributed by atoms with Gasteiger partial charge < -0.3 is 15.7 Å². The number of nitrogens with one attached hydrogen (secondary N) is 2. The van der Waals surface area contributed by atoms with Gasteiger partial charge in [0.2, 0.25) is 11.8 Å². The predicted molar refractivity (Wildman–Crippen MR) is 76.4 cm³/mol. The Kier molecular flexibility index (Phi) is 5.20. The van der Waals surface area contributed by atoms with Crippen molar-refractivity contribution in [3.8, 4) is 0 Å². The molecule has 0 spiro atoms. The van der Waals surface area contributed by atoms with E-state index in [1.54, 1.807) is 0 Å². The number of carboxylic acids is 1. The molecule has 4 unspecified atom stereocenters. The Morgan fingerprint density at radius 1 is 1.14 bits per heavy atom. The molecule has 0 aliphatic heterocycles. The summed E-state index contributed by atoms with van der Waals surface area (Å²) in [7, 11) is 0. The van der Waals surface area contributed by atoms with Crippen molar-refractivity contribution in [1.29, 1.82) is 0 Å². The number of rotatable bonds is 6. The number of carboxylic acid groups (broad SMARTS) is 1. The van der Waals surface area contributed by atoms with E-state index in [0.29, 0.717) is 25.3 Å². The molecule has 2 aliphatic rings. The Morgan fingerprint density at radius 2 is 1.81 bits per heavy atom. The maximum Gasteiger partial charge on any atom is 0.308 e. The van der Waals surface area contributed by atoms with Gasteiger partial charge in [0.05, 0.1) is 5.92 Å². The van der Waals surface area contributed by atoms with E-state index >= 15 is 0 Å². The van der Waals surface area contributed by atoms with Gasteiger partial charge in [-0.3, -0.25) is 14.4 Å². The molecule has 0 aromatic carbocycles. The summed E-state index contributed by atoms with van der Waals surface area (Å²) in [5.74, 6) is -0.908. The number of hydrogen-bond donors (Lipinski definition) is 3. The predicted octanol–water partition coefficient (Wildman–Crippen LogP) is 0.908. The Hall–Kier alpha value is -1.59. The van der Waals surface area contributed by atoms with Gasteiger partial charge in [-0.2, -0.15) is 0 Å². The van der Waals surface area contributed by atoms with E-state index in [4.69, 9.17) is 5.11 Å². The Morgan fingerprint density at radius 3 is 2.43 bits per heavy atom. The van der Waals surface area contributed by atoms with Crippen molar-refractivity contribution < 1.29 is 19.5 Å². The topological polar surface area (TPSA) is 95.5 Å². The molecule has 0 aromatic rings. The van der Waals surface area contributed by atoms with Gasteiger partial charge >= 0.3 is 5.97 Å². The molecule has 2 fully saturated rings. The first-order valence-corrected chi connectivity index (χ1v) is 7.79. The third-order valence-electron chi connectivity index (χ3n) is 4.53. The molecule has 3 N–H and O–H groups in total. The fourth-order valence-electron chi connectivity index (χ4n) is 3.00. The quantitative estimate of drug-likeness (QED) is 0.679. The average Bonchev–Trinajstić information content (AvgIpc) is 3.16. The Labute approximate surface area is 124 Å². The van der Waals surface area contributed by atoms with Crippen LogP contribution in [-0.2, 0) is 14.4 Å². The average molecular weight is 296 g/mol. The molecule has 21 heavy (non-hydrogen) atoms. The molecule has 0 saturated heterocycles. The maximum absolute atomic E-state index is 11.9. The van der Waals surface area contributed by atoms with Crippen molar-refractivity contribution in [2.75, 3.05) is 6.54 Å². The van der Waals surface area contributed by atoms with E-state index in [2.05, 4.69) is 10.6 Å². The Bertz CT molecular complexity index is 424. The molecular formula is C15H24N2O4. The van der Waals surface area contributed by atoms with Crippen molar-refractivity contribution in [3.63, 3.8) is 0 Å². The molecule has 0 aromatic heterocycles. The molecular weight excluding hydrogens is 272 g/mol. The number of carbonyl (C=O) groups is 3. The van der Waals surface area contributed by atoms with Gasteiger partial charge in [-0.25, -0.2) is 0 Å². The van der Waals surface area contributed by atoms with Crippen LogP contribution in [-0.4, -0.2) is 35.5 Å². The Balaban J connectivity index is 1.68. The molecule has 0 heterocycles. The molecule has 0 radical (unpaired) electrons. The van der Waals surface area contributed by atoms with Crippen molar-refractivity contribution in [1.82, 2.24) is 10.6 Å². The maximum atomic E-state index is 11.9. The minimum Gasteiger partial charge on any atom is -0.481 e. The van der Waals surface area contributed by atoms with Crippen molar-refractivity contribution in [3.05, 3.63) is 0 Å². The number of amides is 2. The second-order valence-corrected chi connectivity index (χ2v) is 6.26. The van der Waals surface area contributed by atoms with Crippen LogP contribution in [0.4, 0.5) is 0 Å². The van der Waals surface area contributed by atoms with Gasteiger partial charge in [0.1, 0.15) is 0 Å². The van der Waals surface area contributed by atoms with Crippen molar-refractivity contribution in [2.24, 2.45) is 17.8 Å². The van der Waals surface area contributed by atoms with Crippen LogP contribution in [0.3, 0.4) is 0 Å². The van der Waals surface area contributed by atoms with Crippen LogP contribution in [0.5, 0.6) is 0 Å². The summed E-state index contributed by atoms with van der Waals surface area (Å²) in [4.78, 5) is 34.6. The summed E-state index contributed by atoms with van der Waals surface area (Å²) < 4.78 is 0. The lowest BCUT2D eigenvalue weighted by Gasteiger charge is -2.29. The third kappa shape index (κ3) is 4.44. The van der Waals surface area contributed by atoms with Crippen molar-refractivity contribution >= 4 is 17.8 Å². The standard InChI is InChI=1S/C15H24N2O4/c1-9-8-11(9)14(19)16-7-6-13(18)17-12-5-3-2-4-10(12)15(20)21/h9-12H,2-8H2,1H3,(H,16,19)(H,17,18)(H,20,21). The molecule has 6 nitrogen and oxygen atoms in total. The fraction of sp³-hybridized carbons (Fsp3) is 0.800. The van der Waals surface area contributed by atoms with Crippen LogP contribution < -0.4 is 10.6 Å². The van der Waals surface area contributed by atoms with E-state index in [-0.39, 0.29) is 30.2 Å². The first-order valence-electron chi connectivity index (χ1n) is 7.79. The molecule has 2 amide bonds.